The first-order valence-electron chi connectivity index (χ1n) is 18.4. The first-order chi connectivity index (χ1) is 26.8. The number of anilines is 3. The molecule has 0 amide bonds. The van der Waals surface area contributed by atoms with Gasteiger partial charge in [-0.15, -0.1) is 11.3 Å². The quantitative estimate of drug-likeness (QED) is 0.160. The summed E-state index contributed by atoms with van der Waals surface area (Å²) >= 11 is 1.89. The van der Waals surface area contributed by atoms with Gasteiger partial charge in [0.15, 0.2) is 0 Å². The van der Waals surface area contributed by atoms with Crippen LogP contribution in [-0.2, 0) is 0 Å². The van der Waals surface area contributed by atoms with Crippen LogP contribution >= 0.6 is 11.3 Å². The van der Waals surface area contributed by atoms with Crippen molar-refractivity contribution < 1.29 is 0 Å². The van der Waals surface area contributed by atoms with Gasteiger partial charge in [0.1, 0.15) is 0 Å². The Bertz CT molecular complexity index is 2890. The Labute approximate surface area is 319 Å². The van der Waals surface area contributed by atoms with Gasteiger partial charge in [0.2, 0.25) is 0 Å². The van der Waals surface area contributed by atoms with Crippen molar-refractivity contribution in [1.82, 2.24) is 0 Å². The topological polar surface area (TPSA) is 3.24 Å². The van der Waals surface area contributed by atoms with E-state index in [1.807, 2.05) is 11.3 Å². The SMILES string of the molecule is c1ccc(-c2ccc(-c3ccc(N(c4ccccc4-c4ccccc4)c4cc5c(sc6cccc(-c7ccccc7)c65)c5ccccc45)cc3)cc2)cc1. The molecule has 0 saturated heterocycles. The lowest BCUT2D eigenvalue weighted by molar-refractivity contribution is 1.30. The van der Waals surface area contributed by atoms with Crippen LogP contribution in [0.25, 0.3) is 75.5 Å². The van der Waals surface area contributed by atoms with Crippen LogP contribution in [0.2, 0.25) is 0 Å². The van der Waals surface area contributed by atoms with E-state index in [4.69, 9.17) is 0 Å². The van der Waals surface area contributed by atoms with Crippen molar-refractivity contribution in [2.24, 2.45) is 0 Å². The van der Waals surface area contributed by atoms with E-state index in [1.165, 1.54) is 75.5 Å². The third-order valence-electron chi connectivity index (χ3n) is 10.5. The van der Waals surface area contributed by atoms with E-state index in [0.29, 0.717) is 0 Å². The Morgan fingerprint density at radius 3 is 1.44 bits per heavy atom. The average Bonchev–Trinajstić information content (AvgIpc) is 3.64. The van der Waals surface area contributed by atoms with Crippen molar-refractivity contribution in [2.45, 2.75) is 0 Å². The van der Waals surface area contributed by atoms with Gasteiger partial charge in [0.25, 0.3) is 0 Å². The summed E-state index contributed by atoms with van der Waals surface area (Å²) in [7, 11) is 0. The van der Waals surface area contributed by atoms with Gasteiger partial charge >= 0.3 is 0 Å². The summed E-state index contributed by atoms with van der Waals surface area (Å²) in [6.07, 6.45) is 0. The zero-order chi connectivity index (χ0) is 35.8. The summed E-state index contributed by atoms with van der Waals surface area (Å²) in [4.78, 5) is 2.47. The molecular formula is C52H35NS. The maximum absolute atomic E-state index is 2.47. The number of benzene rings is 9. The van der Waals surface area contributed by atoms with E-state index in [9.17, 15) is 0 Å². The standard InChI is InChI=1S/C52H35NS/c1-4-15-36(16-5-1)37-27-29-38(30-28-37)39-31-33-42(34-32-39)53(48-25-13-12-21-43(48)40-17-6-2-7-18-40)49-35-47-51-44(41-19-8-3-9-20-41)24-14-26-50(51)54-52(47)46-23-11-10-22-45(46)49/h1-35H. The third-order valence-corrected chi connectivity index (χ3v) is 11.7. The summed E-state index contributed by atoms with van der Waals surface area (Å²) in [5.74, 6) is 0. The highest BCUT2D eigenvalue weighted by Gasteiger charge is 2.22. The van der Waals surface area contributed by atoms with Gasteiger partial charge in [-0.3, -0.25) is 0 Å². The van der Waals surface area contributed by atoms with Crippen LogP contribution < -0.4 is 4.90 Å². The Kier molecular flexibility index (Phi) is 8.09. The molecular weight excluding hydrogens is 671 g/mol. The maximum atomic E-state index is 2.47. The van der Waals surface area contributed by atoms with E-state index in [-0.39, 0.29) is 0 Å². The third kappa shape index (κ3) is 5.65. The Morgan fingerprint density at radius 2 is 0.796 bits per heavy atom. The molecule has 0 aliphatic heterocycles. The number of fused-ring (bicyclic) bond motifs is 5. The first kappa shape index (κ1) is 32.0. The molecule has 0 spiro atoms. The highest BCUT2D eigenvalue weighted by molar-refractivity contribution is 7.26. The molecule has 0 radical (unpaired) electrons. The van der Waals surface area contributed by atoms with E-state index < -0.39 is 0 Å². The minimum absolute atomic E-state index is 1.11. The molecule has 10 rings (SSSR count). The number of hydrogen-bond acceptors (Lipinski definition) is 2. The van der Waals surface area contributed by atoms with Gasteiger partial charge in [0, 0.05) is 42.2 Å². The molecule has 2 heteroatoms. The summed E-state index contributed by atoms with van der Waals surface area (Å²) < 4.78 is 2.62. The molecule has 0 unspecified atom stereocenters. The number of thiophene rings is 1. The summed E-state index contributed by atoms with van der Waals surface area (Å²) in [5, 5.41) is 5.07. The maximum Gasteiger partial charge on any atom is 0.0547 e. The van der Waals surface area contributed by atoms with Crippen molar-refractivity contribution in [3.8, 4) is 44.5 Å². The summed E-state index contributed by atoms with van der Waals surface area (Å²) in [5.41, 5.74) is 13.1. The zero-order valence-corrected chi connectivity index (χ0v) is 30.4. The van der Waals surface area contributed by atoms with Crippen LogP contribution in [0.1, 0.15) is 0 Å². The van der Waals surface area contributed by atoms with Crippen LogP contribution in [0.15, 0.2) is 212 Å². The predicted octanol–water partition coefficient (Wildman–Crippen LogP) is 15.3. The molecule has 0 aliphatic rings. The molecule has 1 aromatic heterocycles. The van der Waals surface area contributed by atoms with Crippen LogP contribution in [0.3, 0.4) is 0 Å². The average molecular weight is 706 g/mol. The van der Waals surface area contributed by atoms with Crippen molar-refractivity contribution in [3.05, 3.63) is 212 Å². The Balaban J connectivity index is 1.19. The molecule has 0 fully saturated rings. The van der Waals surface area contributed by atoms with Crippen molar-refractivity contribution in [2.75, 3.05) is 4.90 Å². The van der Waals surface area contributed by atoms with Gasteiger partial charge in [0.05, 0.1) is 11.4 Å². The van der Waals surface area contributed by atoms with Gasteiger partial charge < -0.3 is 4.90 Å². The lowest BCUT2D eigenvalue weighted by Crippen LogP contribution is -2.12. The second-order valence-electron chi connectivity index (χ2n) is 13.7. The van der Waals surface area contributed by atoms with E-state index in [1.54, 1.807) is 0 Å². The fraction of sp³-hybridized carbons (Fsp3) is 0. The molecule has 0 bridgehead atoms. The Hall–Kier alpha value is -6.74. The normalized spacial score (nSPS) is 11.3. The zero-order valence-electron chi connectivity index (χ0n) is 29.6. The molecule has 10 aromatic rings. The molecule has 254 valence electrons. The molecule has 0 aliphatic carbocycles. The number of hydrogen-bond donors (Lipinski definition) is 0. The molecule has 0 saturated carbocycles. The van der Waals surface area contributed by atoms with Crippen LogP contribution in [0.5, 0.6) is 0 Å². The number of para-hydroxylation sites is 1. The van der Waals surface area contributed by atoms with Gasteiger partial charge in [-0.2, -0.15) is 0 Å². The second kappa shape index (κ2) is 13.7. The van der Waals surface area contributed by atoms with Crippen LogP contribution in [0.4, 0.5) is 17.1 Å². The van der Waals surface area contributed by atoms with Crippen LogP contribution in [-0.4, -0.2) is 0 Å². The molecule has 0 atom stereocenters. The lowest BCUT2D eigenvalue weighted by Gasteiger charge is -2.29. The molecule has 9 aromatic carbocycles. The highest BCUT2D eigenvalue weighted by Crippen LogP contribution is 2.49. The largest absolute Gasteiger partial charge is 0.309 e. The fourth-order valence-corrected chi connectivity index (χ4v) is 9.15. The van der Waals surface area contributed by atoms with E-state index in [2.05, 4.69) is 217 Å². The van der Waals surface area contributed by atoms with Crippen molar-refractivity contribution in [3.63, 3.8) is 0 Å². The molecule has 1 heterocycles. The number of nitrogens with zero attached hydrogens (tertiary/aromatic N) is 1. The van der Waals surface area contributed by atoms with Gasteiger partial charge in [-0.25, -0.2) is 0 Å². The van der Waals surface area contributed by atoms with E-state index >= 15 is 0 Å². The van der Waals surface area contributed by atoms with E-state index in [0.717, 1.165) is 17.1 Å². The van der Waals surface area contributed by atoms with Crippen molar-refractivity contribution in [1.29, 1.82) is 0 Å². The minimum atomic E-state index is 1.11. The minimum Gasteiger partial charge on any atom is -0.309 e. The lowest BCUT2D eigenvalue weighted by atomic mass is 9.96. The fourth-order valence-electron chi connectivity index (χ4n) is 7.90. The molecule has 1 nitrogen and oxygen atoms in total. The molecule has 0 N–H and O–H groups in total. The van der Waals surface area contributed by atoms with Gasteiger partial charge in [-0.1, -0.05) is 182 Å². The summed E-state index contributed by atoms with van der Waals surface area (Å²) in [6, 6.07) is 77.0. The smallest absolute Gasteiger partial charge is 0.0547 e. The van der Waals surface area contributed by atoms with Gasteiger partial charge in [-0.05, 0) is 69.3 Å². The molecule has 54 heavy (non-hydrogen) atoms. The first-order valence-corrected chi connectivity index (χ1v) is 19.2. The predicted molar refractivity (Wildman–Crippen MR) is 233 cm³/mol. The van der Waals surface area contributed by atoms with Crippen LogP contribution in [0, 0.1) is 0 Å². The van der Waals surface area contributed by atoms with Crippen molar-refractivity contribution >= 4 is 59.3 Å². The summed E-state index contributed by atoms with van der Waals surface area (Å²) in [6.45, 7) is 0. The second-order valence-corrected chi connectivity index (χ2v) is 14.7. The highest BCUT2D eigenvalue weighted by atomic mass is 32.1. The monoisotopic (exact) mass is 705 g/mol. The number of rotatable bonds is 7. The Morgan fingerprint density at radius 1 is 0.315 bits per heavy atom.